The highest BCUT2D eigenvalue weighted by molar-refractivity contribution is 6.01. The van der Waals surface area contributed by atoms with E-state index in [4.69, 9.17) is 4.74 Å². The van der Waals surface area contributed by atoms with Gasteiger partial charge in [-0.2, -0.15) is 0 Å². The van der Waals surface area contributed by atoms with Gasteiger partial charge in [0.2, 0.25) is 5.78 Å². The maximum atomic E-state index is 13.2. The van der Waals surface area contributed by atoms with Crippen molar-refractivity contribution in [2.45, 2.75) is 13.0 Å². The lowest BCUT2D eigenvalue weighted by molar-refractivity contribution is -0.384. The van der Waals surface area contributed by atoms with E-state index in [1.165, 1.54) is 26.1 Å². The standard InChI is InChI=1S/C17H14F2N2O5/c1-9(16(22)10-3-5-12(18)13(19)7-10)26-17(23)11-4-6-14(20-2)15(8-11)21(24)25/h3-9,20H,1-2H3/t9-/m1/s1. The van der Waals surface area contributed by atoms with Gasteiger partial charge in [0.1, 0.15) is 5.69 Å². The van der Waals surface area contributed by atoms with Crippen molar-refractivity contribution in [3.05, 3.63) is 69.3 Å². The first-order valence-corrected chi connectivity index (χ1v) is 7.41. The molecule has 0 aliphatic carbocycles. The second kappa shape index (κ2) is 7.68. The van der Waals surface area contributed by atoms with Gasteiger partial charge >= 0.3 is 5.97 Å². The first-order valence-electron chi connectivity index (χ1n) is 7.41. The Kier molecular flexibility index (Phi) is 5.61. The van der Waals surface area contributed by atoms with Crippen molar-refractivity contribution >= 4 is 23.1 Å². The number of anilines is 1. The summed E-state index contributed by atoms with van der Waals surface area (Å²) in [5, 5.41) is 13.6. The zero-order valence-corrected chi connectivity index (χ0v) is 13.8. The van der Waals surface area contributed by atoms with Crippen molar-refractivity contribution in [2.24, 2.45) is 0 Å². The number of rotatable bonds is 6. The summed E-state index contributed by atoms with van der Waals surface area (Å²) in [6.07, 6.45) is -1.30. The number of hydrogen-bond donors (Lipinski definition) is 1. The van der Waals surface area contributed by atoms with E-state index in [1.54, 1.807) is 0 Å². The molecule has 0 bridgehead atoms. The van der Waals surface area contributed by atoms with Crippen LogP contribution in [0.4, 0.5) is 20.2 Å². The molecule has 0 radical (unpaired) electrons. The van der Waals surface area contributed by atoms with Crippen molar-refractivity contribution in [3.8, 4) is 0 Å². The van der Waals surface area contributed by atoms with E-state index < -0.39 is 34.4 Å². The molecule has 2 aromatic rings. The number of Topliss-reactive ketones (excluding diaryl/α,β-unsaturated/α-hetero) is 1. The predicted molar refractivity (Wildman–Crippen MR) is 88.2 cm³/mol. The molecule has 136 valence electrons. The highest BCUT2D eigenvalue weighted by Crippen LogP contribution is 2.25. The minimum atomic E-state index is -1.30. The predicted octanol–water partition coefficient (Wildman–Crippen LogP) is 3.34. The van der Waals surface area contributed by atoms with Gasteiger partial charge in [-0.05, 0) is 37.3 Å². The van der Waals surface area contributed by atoms with Gasteiger partial charge in [-0.1, -0.05) is 0 Å². The molecule has 0 aromatic heterocycles. The second-order valence-electron chi connectivity index (χ2n) is 5.28. The third kappa shape index (κ3) is 4.00. The number of ketones is 1. The van der Waals surface area contributed by atoms with Crippen LogP contribution in [0.1, 0.15) is 27.6 Å². The zero-order valence-electron chi connectivity index (χ0n) is 13.8. The number of carbonyl (C=O) groups excluding carboxylic acids is 2. The van der Waals surface area contributed by atoms with Crippen molar-refractivity contribution in [1.29, 1.82) is 0 Å². The number of carbonyl (C=O) groups is 2. The van der Waals surface area contributed by atoms with E-state index in [0.29, 0.717) is 6.07 Å². The highest BCUT2D eigenvalue weighted by Gasteiger charge is 2.23. The molecule has 9 heteroatoms. The summed E-state index contributed by atoms with van der Waals surface area (Å²) in [5.41, 5.74) is -0.416. The highest BCUT2D eigenvalue weighted by atomic mass is 19.2. The molecular weight excluding hydrogens is 350 g/mol. The Hall–Kier alpha value is -3.36. The molecule has 2 aromatic carbocycles. The Morgan fingerprint density at radius 3 is 2.35 bits per heavy atom. The first-order chi connectivity index (χ1) is 12.2. The van der Waals surface area contributed by atoms with E-state index in [-0.39, 0.29) is 22.5 Å². The van der Waals surface area contributed by atoms with Crippen LogP contribution in [0.3, 0.4) is 0 Å². The number of hydrogen-bond acceptors (Lipinski definition) is 6. The number of nitrogens with zero attached hydrogens (tertiary/aromatic N) is 1. The Morgan fingerprint density at radius 2 is 1.77 bits per heavy atom. The van der Waals surface area contributed by atoms with Crippen LogP contribution in [0.15, 0.2) is 36.4 Å². The van der Waals surface area contributed by atoms with Crippen LogP contribution in [-0.4, -0.2) is 29.8 Å². The summed E-state index contributed by atoms with van der Waals surface area (Å²) in [6, 6.07) is 6.21. The van der Waals surface area contributed by atoms with Crippen molar-refractivity contribution in [3.63, 3.8) is 0 Å². The number of nitro benzene ring substituents is 1. The molecule has 7 nitrogen and oxygen atoms in total. The van der Waals surface area contributed by atoms with E-state index in [9.17, 15) is 28.5 Å². The number of ether oxygens (including phenoxy) is 1. The quantitative estimate of drug-likeness (QED) is 0.365. The van der Waals surface area contributed by atoms with Crippen molar-refractivity contribution < 1.29 is 28.0 Å². The summed E-state index contributed by atoms with van der Waals surface area (Å²) in [4.78, 5) is 34.7. The van der Waals surface area contributed by atoms with E-state index in [1.807, 2.05) is 0 Å². The maximum absolute atomic E-state index is 13.2. The lowest BCUT2D eigenvalue weighted by atomic mass is 10.1. The average Bonchev–Trinajstić information content (AvgIpc) is 2.62. The van der Waals surface area contributed by atoms with Gasteiger partial charge < -0.3 is 10.1 Å². The Labute approximate surface area is 146 Å². The molecule has 0 aliphatic rings. The van der Waals surface area contributed by atoms with E-state index >= 15 is 0 Å². The van der Waals surface area contributed by atoms with Crippen LogP contribution in [-0.2, 0) is 4.74 Å². The fourth-order valence-electron chi connectivity index (χ4n) is 2.19. The number of nitrogens with one attached hydrogen (secondary N) is 1. The average molecular weight is 364 g/mol. The SMILES string of the molecule is CNc1ccc(C(=O)O[C@H](C)C(=O)c2ccc(F)c(F)c2)cc1[N+](=O)[O-]. The molecule has 26 heavy (non-hydrogen) atoms. The number of nitro groups is 1. The minimum absolute atomic E-state index is 0.124. The lowest BCUT2D eigenvalue weighted by Crippen LogP contribution is -2.24. The number of esters is 1. The normalized spacial score (nSPS) is 11.5. The Morgan fingerprint density at radius 1 is 1.12 bits per heavy atom. The molecule has 0 spiro atoms. The monoisotopic (exact) mass is 364 g/mol. The van der Waals surface area contributed by atoms with Crippen LogP contribution in [0, 0.1) is 21.7 Å². The lowest BCUT2D eigenvalue weighted by Gasteiger charge is -2.13. The van der Waals surface area contributed by atoms with Gasteiger partial charge in [0.25, 0.3) is 5.69 Å². The van der Waals surface area contributed by atoms with E-state index in [2.05, 4.69) is 5.32 Å². The van der Waals surface area contributed by atoms with Gasteiger partial charge in [-0.25, -0.2) is 13.6 Å². The fraction of sp³-hybridized carbons (Fsp3) is 0.176. The fourth-order valence-corrected chi connectivity index (χ4v) is 2.19. The van der Waals surface area contributed by atoms with Gasteiger partial charge in [0.05, 0.1) is 10.5 Å². The van der Waals surface area contributed by atoms with E-state index in [0.717, 1.165) is 18.2 Å². The number of benzene rings is 2. The van der Waals surface area contributed by atoms with Crippen LogP contribution >= 0.6 is 0 Å². The first kappa shape index (κ1) is 19.0. The van der Waals surface area contributed by atoms with Crippen molar-refractivity contribution in [2.75, 3.05) is 12.4 Å². The summed E-state index contributed by atoms with van der Waals surface area (Å²) in [5.74, 6) is -4.01. The van der Waals surface area contributed by atoms with Crippen LogP contribution in [0.5, 0.6) is 0 Å². The molecule has 0 unspecified atom stereocenters. The third-order valence-electron chi connectivity index (χ3n) is 3.56. The van der Waals surface area contributed by atoms with Crippen LogP contribution in [0.25, 0.3) is 0 Å². The molecule has 0 saturated carbocycles. The molecule has 0 aliphatic heterocycles. The second-order valence-corrected chi connectivity index (χ2v) is 5.28. The smallest absolute Gasteiger partial charge is 0.339 e. The molecule has 0 amide bonds. The van der Waals surface area contributed by atoms with Gasteiger partial charge in [0.15, 0.2) is 17.7 Å². The van der Waals surface area contributed by atoms with Gasteiger partial charge in [0, 0.05) is 18.7 Å². The summed E-state index contributed by atoms with van der Waals surface area (Å²) < 4.78 is 31.1. The summed E-state index contributed by atoms with van der Waals surface area (Å²) >= 11 is 0. The zero-order chi connectivity index (χ0) is 19.4. The van der Waals surface area contributed by atoms with Crippen LogP contribution in [0.2, 0.25) is 0 Å². The topological polar surface area (TPSA) is 98.5 Å². The molecular formula is C17H14F2N2O5. The summed E-state index contributed by atoms with van der Waals surface area (Å²) in [6.45, 7) is 1.26. The van der Waals surface area contributed by atoms with Gasteiger partial charge in [-0.15, -0.1) is 0 Å². The van der Waals surface area contributed by atoms with Crippen LogP contribution < -0.4 is 5.32 Å². The summed E-state index contributed by atoms with van der Waals surface area (Å²) in [7, 11) is 1.49. The van der Waals surface area contributed by atoms with Crippen molar-refractivity contribution in [1.82, 2.24) is 0 Å². The van der Waals surface area contributed by atoms with Gasteiger partial charge in [-0.3, -0.25) is 14.9 Å². The molecule has 0 fully saturated rings. The third-order valence-corrected chi connectivity index (χ3v) is 3.56. The Balaban J connectivity index is 2.18. The minimum Gasteiger partial charge on any atom is -0.451 e. The molecule has 0 saturated heterocycles. The number of halogens is 2. The maximum Gasteiger partial charge on any atom is 0.339 e. The largest absolute Gasteiger partial charge is 0.451 e. The molecule has 0 heterocycles. The molecule has 2 rings (SSSR count). The molecule has 1 N–H and O–H groups in total. The Bertz CT molecular complexity index is 885. The molecule has 1 atom stereocenters.